The number of amides is 1. The summed E-state index contributed by atoms with van der Waals surface area (Å²) < 4.78 is 0.957. The Bertz CT molecular complexity index is 537. The topological polar surface area (TPSA) is 61.4 Å². The third-order valence-corrected chi connectivity index (χ3v) is 5.80. The molecule has 0 spiro atoms. The van der Waals surface area contributed by atoms with E-state index >= 15 is 0 Å². The summed E-state index contributed by atoms with van der Waals surface area (Å²) in [5.41, 5.74) is 1.84. The number of carbonyl (C=O) groups excluding carboxylic acids is 1. The van der Waals surface area contributed by atoms with Gasteiger partial charge in [0.2, 0.25) is 5.91 Å². The molecule has 2 rings (SSSR count). The molecule has 0 fully saturated rings. The van der Waals surface area contributed by atoms with Gasteiger partial charge in [0.15, 0.2) is 0 Å². The monoisotopic (exact) mass is 372 g/mol. The van der Waals surface area contributed by atoms with E-state index in [0.29, 0.717) is 0 Å². The first kappa shape index (κ1) is 16.8. The summed E-state index contributed by atoms with van der Waals surface area (Å²) in [7, 11) is 0. The Labute approximate surface area is 138 Å². The molecule has 1 heterocycles. The van der Waals surface area contributed by atoms with Gasteiger partial charge in [0.1, 0.15) is 6.04 Å². The highest BCUT2D eigenvalue weighted by atomic mass is 79.9. The molecule has 116 valence electrons. The van der Waals surface area contributed by atoms with Crippen LogP contribution in [0.3, 0.4) is 0 Å². The fraction of sp³-hybridized carbons (Fsp3) is 0.533. The fourth-order valence-electron chi connectivity index (χ4n) is 2.14. The Hall–Kier alpha value is -0.560. The zero-order chi connectivity index (χ0) is 15.6. The lowest BCUT2D eigenvalue weighted by molar-refractivity contribution is -0.117. The molecule has 1 aliphatic rings. The van der Waals surface area contributed by atoms with E-state index in [1.54, 1.807) is 18.7 Å². The van der Waals surface area contributed by atoms with Gasteiger partial charge in [0, 0.05) is 25.9 Å². The minimum absolute atomic E-state index is 0.00363. The molecule has 0 radical (unpaired) electrons. The molecule has 1 aromatic carbocycles. The lowest BCUT2D eigenvalue weighted by Crippen LogP contribution is -2.28. The normalized spacial score (nSPS) is 20.0. The van der Waals surface area contributed by atoms with Crippen molar-refractivity contribution in [3.8, 4) is 0 Å². The molecule has 3 N–H and O–H groups in total. The number of nitrogens with one attached hydrogen (secondary N) is 2. The Balaban J connectivity index is 2.24. The van der Waals surface area contributed by atoms with Gasteiger partial charge in [-0.3, -0.25) is 4.79 Å². The predicted octanol–water partition coefficient (Wildman–Crippen LogP) is 3.30. The fourth-order valence-corrected chi connectivity index (χ4v) is 3.74. The quantitative estimate of drug-likeness (QED) is 0.670. The van der Waals surface area contributed by atoms with Crippen LogP contribution in [0.1, 0.15) is 38.8 Å². The van der Waals surface area contributed by atoms with Crippen LogP contribution < -0.4 is 10.6 Å². The van der Waals surface area contributed by atoms with Gasteiger partial charge in [-0.05, 0) is 48.0 Å². The third-order valence-electron chi connectivity index (χ3n) is 3.53. The molecule has 0 aromatic heterocycles. The largest absolute Gasteiger partial charge is 0.392 e. The van der Waals surface area contributed by atoms with E-state index in [0.717, 1.165) is 33.6 Å². The molecule has 4 nitrogen and oxygen atoms in total. The second-order valence-corrected chi connectivity index (χ2v) is 7.58. The molecular weight excluding hydrogens is 352 g/mol. The molecule has 6 heteroatoms. The summed E-state index contributed by atoms with van der Waals surface area (Å²) in [4.78, 5) is 13.1. The van der Waals surface area contributed by atoms with E-state index in [2.05, 4.69) is 33.5 Å². The second-order valence-electron chi connectivity index (χ2n) is 5.31. The first-order valence-corrected chi connectivity index (χ1v) is 8.83. The standard InChI is InChI=1S/C15H21BrN2O2S/c1-4-5-17-14-10-6-11(16)13(21-9(3)8(2)19)7-12(10)18-15(14)20/h6-9,14,17,19H,4-5H2,1-3H3,(H,18,20). The van der Waals surface area contributed by atoms with E-state index in [-0.39, 0.29) is 23.3 Å². The van der Waals surface area contributed by atoms with Crippen LogP contribution in [0.15, 0.2) is 21.5 Å². The number of anilines is 1. The van der Waals surface area contributed by atoms with E-state index in [1.165, 1.54) is 0 Å². The third kappa shape index (κ3) is 3.80. The van der Waals surface area contributed by atoms with E-state index < -0.39 is 0 Å². The number of hydrogen-bond acceptors (Lipinski definition) is 4. The molecule has 0 aliphatic carbocycles. The van der Waals surface area contributed by atoms with Crippen LogP contribution in [0.5, 0.6) is 0 Å². The van der Waals surface area contributed by atoms with Crippen LogP contribution >= 0.6 is 27.7 Å². The molecule has 1 aliphatic heterocycles. The van der Waals surface area contributed by atoms with Gasteiger partial charge in [-0.2, -0.15) is 0 Å². The Kier molecular flexibility index (Phi) is 5.71. The van der Waals surface area contributed by atoms with Crippen molar-refractivity contribution in [3.05, 3.63) is 22.2 Å². The van der Waals surface area contributed by atoms with Crippen molar-refractivity contribution in [1.82, 2.24) is 5.32 Å². The zero-order valence-corrected chi connectivity index (χ0v) is 14.8. The van der Waals surface area contributed by atoms with Gasteiger partial charge in [-0.15, -0.1) is 11.8 Å². The lowest BCUT2D eigenvalue weighted by Gasteiger charge is -2.16. The number of thioether (sulfide) groups is 1. The molecule has 0 saturated carbocycles. The predicted molar refractivity (Wildman–Crippen MR) is 90.8 cm³/mol. The maximum atomic E-state index is 12.1. The SMILES string of the molecule is CCCNC1C(=O)Nc2cc(SC(C)C(C)O)c(Br)cc21. The summed E-state index contributed by atoms with van der Waals surface area (Å²) in [5.74, 6) is -0.00363. The van der Waals surface area contributed by atoms with E-state index in [4.69, 9.17) is 0 Å². The zero-order valence-electron chi connectivity index (χ0n) is 12.4. The van der Waals surface area contributed by atoms with Gasteiger partial charge in [-0.1, -0.05) is 13.8 Å². The number of carbonyl (C=O) groups is 1. The van der Waals surface area contributed by atoms with Crippen LogP contribution in [0.4, 0.5) is 5.69 Å². The number of benzene rings is 1. The summed E-state index contributed by atoms with van der Waals surface area (Å²) in [6, 6.07) is 3.70. The summed E-state index contributed by atoms with van der Waals surface area (Å²) in [6.45, 7) is 6.66. The minimum Gasteiger partial charge on any atom is -0.392 e. The molecule has 1 amide bonds. The van der Waals surface area contributed by atoms with Crippen molar-refractivity contribution in [2.75, 3.05) is 11.9 Å². The molecule has 3 atom stereocenters. The maximum Gasteiger partial charge on any atom is 0.246 e. The van der Waals surface area contributed by atoms with Crippen molar-refractivity contribution < 1.29 is 9.90 Å². The number of fused-ring (bicyclic) bond motifs is 1. The van der Waals surface area contributed by atoms with Crippen molar-refractivity contribution in [1.29, 1.82) is 0 Å². The van der Waals surface area contributed by atoms with Crippen molar-refractivity contribution in [2.24, 2.45) is 0 Å². The molecule has 0 bridgehead atoms. The molecule has 1 aromatic rings. The van der Waals surface area contributed by atoms with Gasteiger partial charge in [-0.25, -0.2) is 0 Å². The van der Waals surface area contributed by atoms with Gasteiger partial charge >= 0.3 is 0 Å². The van der Waals surface area contributed by atoms with Gasteiger partial charge < -0.3 is 15.7 Å². The van der Waals surface area contributed by atoms with Crippen LogP contribution in [-0.2, 0) is 4.79 Å². The average molecular weight is 373 g/mol. The van der Waals surface area contributed by atoms with Gasteiger partial charge in [0.05, 0.1) is 6.10 Å². The van der Waals surface area contributed by atoms with Crippen LogP contribution in [0, 0.1) is 0 Å². The summed E-state index contributed by atoms with van der Waals surface area (Å²) in [6.07, 6.45) is 0.601. The first-order valence-electron chi connectivity index (χ1n) is 7.16. The highest BCUT2D eigenvalue weighted by molar-refractivity contribution is 9.10. The summed E-state index contributed by atoms with van der Waals surface area (Å²) in [5, 5.41) is 15.9. The molecular formula is C15H21BrN2O2S. The Morgan fingerprint density at radius 3 is 2.81 bits per heavy atom. The summed E-state index contributed by atoms with van der Waals surface area (Å²) >= 11 is 5.17. The van der Waals surface area contributed by atoms with E-state index in [1.807, 2.05) is 19.1 Å². The van der Waals surface area contributed by atoms with Crippen molar-refractivity contribution in [2.45, 2.75) is 49.5 Å². The highest BCUT2D eigenvalue weighted by Gasteiger charge is 2.31. The number of aliphatic hydroxyl groups excluding tert-OH is 1. The van der Waals surface area contributed by atoms with Crippen LogP contribution in [0.2, 0.25) is 0 Å². The molecule has 0 saturated heterocycles. The number of aliphatic hydroxyl groups is 1. The Morgan fingerprint density at radius 2 is 2.19 bits per heavy atom. The van der Waals surface area contributed by atoms with Crippen LogP contribution in [0.25, 0.3) is 0 Å². The highest BCUT2D eigenvalue weighted by Crippen LogP contribution is 2.40. The maximum absolute atomic E-state index is 12.1. The van der Waals surface area contributed by atoms with Gasteiger partial charge in [0.25, 0.3) is 0 Å². The number of halogens is 1. The second kappa shape index (κ2) is 7.13. The van der Waals surface area contributed by atoms with Crippen molar-refractivity contribution >= 4 is 39.3 Å². The number of hydrogen-bond donors (Lipinski definition) is 3. The first-order chi connectivity index (χ1) is 9.93. The average Bonchev–Trinajstić information content (AvgIpc) is 2.71. The Morgan fingerprint density at radius 1 is 1.48 bits per heavy atom. The lowest BCUT2D eigenvalue weighted by atomic mass is 10.1. The van der Waals surface area contributed by atoms with E-state index in [9.17, 15) is 9.90 Å². The number of rotatable bonds is 6. The smallest absolute Gasteiger partial charge is 0.246 e. The minimum atomic E-state index is -0.385. The van der Waals surface area contributed by atoms with Crippen LogP contribution in [-0.4, -0.2) is 28.9 Å². The van der Waals surface area contributed by atoms with Crippen molar-refractivity contribution in [3.63, 3.8) is 0 Å². The molecule has 21 heavy (non-hydrogen) atoms. The molecule has 3 unspecified atom stereocenters.